The molecule has 2 saturated heterocycles. The Morgan fingerprint density at radius 3 is 2.65 bits per heavy atom. The largest absolute Gasteiger partial charge is 0.336 e. The molecule has 1 unspecified atom stereocenters. The molecule has 2 aromatic carbocycles. The maximum absolute atomic E-state index is 14.1. The Morgan fingerprint density at radius 2 is 1.87 bits per heavy atom. The van der Waals surface area contributed by atoms with E-state index in [9.17, 15) is 22.8 Å². The Hall–Kier alpha value is -3.36. The van der Waals surface area contributed by atoms with Gasteiger partial charge in [-0.2, -0.15) is 5.10 Å². The van der Waals surface area contributed by atoms with Crippen LogP contribution in [0.1, 0.15) is 40.1 Å². The summed E-state index contributed by atoms with van der Waals surface area (Å²) in [4.78, 5) is 29.3. The lowest BCUT2D eigenvalue weighted by Crippen LogP contribution is -2.69. The number of rotatable bonds is 2. The van der Waals surface area contributed by atoms with Crippen molar-refractivity contribution in [3.05, 3.63) is 65.1 Å². The van der Waals surface area contributed by atoms with E-state index in [0.29, 0.717) is 43.3 Å². The second kappa shape index (κ2) is 7.11. The zero-order valence-corrected chi connectivity index (χ0v) is 16.5. The van der Waals surface area contributed by atoms with E-state index in [1.54, 1.807) is 4.90 Å². The fraction of sp³-hybridized carbons (Fsp3) is 0.318. The molecular formula is C22H19F3N4O2. The number of carbonyl (C=O) groups is 2. The number of carbonyl (C=O) groups excluding carboxylic acids is 2. The first kappa shape index (κ1) is 19.6. The van der Waals surface area contributed by atoms with Crippen LogP contribution in [0, 0.1) is 17.5 Å². The van der Waals surface area contributed by atoms with Crippen LogP contribution in [0.5, 0.6) is 0 Å². The predicted octanol–water partition coefficient (Wildman–Crippen LogP) is 3.50. The highest BCUT2D eigenvalue weighted by molar-refractivity contribution is 6.05. The summed E-state index contributed by atoms with van der Waals surface area (Å²) >= 11 is 0. The molecule has 3 aromatic rings. The SMILES string of the molecule is O=C(c1cccc(F)c1F)N1CCCC2(CCN2C(=O)c2n[nH]c3ccc(F)cc23)C1. The maximum atomic E-state index is 14.1. The molecule has 2 aliphatic rings. The minimum atomic E-state index is -1.17. The van der Waals surface area contributed by atoms with Crippen LogP contribution in [-0.4, -0.2) is 57.0 Å². The molecule has 0 aliphatic carbocycles. The molecule has 6 nitrogen and oxygen atoms in total. The van der Waals surface area contributed by atoms with Crippen LogP contribution >= 0.6 is 0 Å². The lowest BCUT2D eigenvalue weighted by Gasteiger charge is -2.56. The van der Waals surface area contributed by atoms with Crippen LogP contribution in [0.2, 0.25) is 0 Å². The molecule has 2 fully saturated rings. The van der Waals surface area contributed by atoms with Crippen molar-refractivity contribution in [1.82, 2.24) is 20.0 Å². The molecular weight excluding hydrogens is 409 g/mol. The number of fused-ring (bicyclic) bond motifs is 1. The number of benzene rings is 2. The molecule has 160 valence electrons. The number of halogens is 3. The second-order valence-electron chi connectivity index (χ2n) is 8.12. The number of likely N-dealkylation sites (tertiary alicyclic amines) is 2. The number of H-pyrrole nitrogens is 1. The molecule has 9 heteroatoms. The number of hydrogen-bond donors (Lipinski definition) is 1. The van der Waals surface area contributed by atoms with Crippen LogP contribution in [-0.2, 0) is 0 Å². The van der Waals surface area contributed by atoms with Crippen molar-refractivity contribution in [3.8, 4) is 0 Å². The summed E-state index contributed by atoms with van der Waals surface area (Å²) < 4.78 is 41.4. The molecule has 1 N–H and O–H groups in total. The van der Waals surface area contributed by atoms with Crippen LogP contribution in [0.15, 0.2) is 36.4 Å². The van der Waals surface area contributed by atoms with Gasteiger partial charge in [-0.3, -0.25) is 14.7 Å². The van der Waals surface area contributed by atoms with Crippen molar-refractivity contribution >= 4 is 22.7 Å². The van der Waals surface area contributed by atoms with Crippen molar-refractivity contribution in [3.63, 3.8) is 0 Å². The van der Waals surface area contributed by atoms with Crippen molar-refractivity contribution < 1.29 is 22.8 Å². The van der Waals surface area contributed by atoms with Gasteiger partial charge in [0.25, 0.3) is 11.8 Å². The Bertz CT molecular complexity index is 1210. The van der Waals surface area contributed by atoms with Gasteiger partial charge in [0.15, 0.2) is 17.3 Å². The summed E-state index contributed by atoms with van der Waals surface area (Å²) in [7, 11) is 0. The Labute approximate surface area is 175 Å². The molecule has 2 amide bonds. The first-order chi connectivity index (χ1) is 14.9. The van der Waals surface area contributed by atoms with Gasteiger partial charge in [-0.25, -0.2) is 13.2 Å². The number of aromatic amines is 1. The van der Waals surface area contributed by atoms with Crippen LogP contribution in [0.3, 0.4) is 0 Å². The van der Waals surface area contributed by atoms with E-state index >= 15 is 0 Å². The predicted molar refractivity (Wildman–Crippen MR) is 106 cm³/mol. The monoisotopic (exact) mass is 428 g/mol. The van der Waals surface area contributed by atoms with Crippen molar-refractivity contribution in [2.45, 2.75) is 24.8 Å². The smallest absolute Gasteiger partial charge is 0.275 e. The van der Waals surface area contributed by atoms with Crippen LogP contribution < -0.4 is 0 Å². The van der Waals surface area contributed by atoms with Crippen molar-refractivity contribution in [1.29, 1.82) is 0 Å². The zero-order valence-electron chi connectivity index (χ0n) is 16.5. The Kier molecular flexibility index (Phi) is 4.49. The molecule has 2 aliphatic heterocycles. The molecule has 0 saturated carbocycles. The molecule has 31 heavy (non-hydrogen) atoms. The highest BCUT2D eigenvalue weighted by Gasteiger charge is 2.51. The fourth-order valence-electron chi connectivity index (χ4n) is 4.68. The number of hydrogen-bond acceptors (Lipinski definition) is 3. The minimum absolute atomic E-state index is 0.133. The molecule has 1 spiro atoms. The van der Waals surface area contributed by atoms with Gasteiger partial charge in [0.05, 0.1) is 16.6 Å². The second-order valence-corrected chi connectivity index (χ2v) is 8.12. The van der Waals surface area contributed by atoms with Gasteiger partial charge < -0.3 is 9.80 Å². The topological polar surface area (TPSA) is 69.3 Å². The summed E-state index contributed by atoms with van der Waals surface area (Å²) in [5.41, 5.74) is -0.217. The minimum Gasteiger partial charge on any atom is -0.336 e. The van der Waals surface area contributed by atoms with Gasteiger partial charge in [-0.05, 0) is 49.6 Å². The van der Waals surface area contributed by atoms with Gasteiger partial charge in [-0.1, -0.05) is 6.07 Å². The number of nitrogens with zero attached hydrogens (tertiary/aromatic N) is 3. The lowest BCUT2D eigenvalue weighted by atomic mass is 9.77. The molecule has 0 radical (unpaired) electrons. The standard InChI is InChI=1S/C22H19F3N4O2/c23-13-5-6-17-15(11-13)19(27-26-17)21(31)29-10-8-22(29)7-2-9-28(12-22)20(30)14-3-1-4-16(24)18(14)25/h1,3-6,11H,2,7-10,12H2,(H,26,27). The van der Waals surface area contributed by atoms with Crippen molar-refractivity contribution in [2.75, 3.05) is 19.6 Å². The Morgan fingerprint density at radius 1 is 1.03 bits per heavy atom. The number of aromatic nitrogens is 2. The normalized spacial score (nSPS) is 20.9. The summed E-state index contributed by atoms with van der Waals surface area (Å²) in [5.74, 6) is -3.64. The molecule has 1 aromatic heterocycles. The first-order valence-electron chi connectivity index (χ1n) is 10.1. The number of piperidine rings is 1. The zero-order chi connectivity index (χ0) is 21.8. The lowest BCUT2D eigenvalue weighted by molar-refractivity contribution is -0.0403. The number of amides is 2. The van der Waals surface area contributed by atoms with Crippen molar-refractivity contribution in [2.24, 2.45) is 0 Å². The van der Waals surface area contributed by atoms with Crippen LogP contribution in [0.25, 0.3) is 10.9 Å². The van der Waals surface area contributed by atoms with E-state index in [0.717, 1.165) is 6.07 Å². The van der Waals surface area contributed by atoms with Gasteiger partial charge in [0.2, 0.25) is 0 Å². The van der Waals surface area contributed by atoms with E-state index in [1.165, 1.54) is 35.2 Å². The van der Waals surface area contributed by atoms with Gasteiger partial charge >= 0.3 is 0 Å². The van der Waals surface area contributed by atoms with Gasteiger partial charge in [0.1, 0.15) is 5.82 Å². The summed E-state index contributed by atoms with van der Waals surface area (Å²) in [6.45, 7) is 1.11. The third kappa shape index (κ3) is 3.07. The average Bonchev–Trinajstić information content (AvgIpc) is 3.17. The van der Waals surface area contributed by atoms with Gasteiger partial charge in [-0.15, -0.1) is 0 Å². The Balaban J connectivity index is 1.41. The third-order valence-electron chi connectivity index (χ3n) is 6.37. The quantitative estimate of drug-likeness (QED) is 0.679. The average molecular weight is 428 g/mol. The highest BCUT2D eigenvalue weighted by atomic mass is 19.2. The molecule has 1 atom stereocenters. The highest BCUT2D eigenvalue weighted by Crippen LogP contribution is 2.40. The van der Waals surface area contributed by atoms with Gasteiger partial charge in [0, 0.05) is 25.0 Å². The van der Waals surface area contributed by atoms with E-state index in [1.807, 2.05) is 0 Å². The number of nitrogens with one attached hydrogen (secondary N) is 1. The molecule has 5 rings (SSSR count). The van der Waals surface area contributed by atoms with Crippen LogP contribution in [0.4, 0.5) is 13.2 Å². The first-order valence-corrected chi connectivity index (χ1v) is 10.1. The summed E-state index contributed by atoms with van der Waals surface area (Å²) in [5, 5.41) is 7.23. The fourth-order valence-corrected chi connectivity index (χ4v) is 4.68. The third-order valence-corrected chi connectivity index (χ3v) is 6.37. The molecule has 3 heterocycles. The van der Waals surface area contributed by atoms with E-state index < -0.39 is 28.9 Å². The van der Waals surface area contributed by atoms with E-state index in [-0.39, 0.29) is 23.7 Å². The maximum Gasteiger partial charge on any atom is 0.275 e. The van der Waals surface area contributed by atoms with E-state index in [4.69, 9.17) is 0 Å². The molecule has 0 bridgehead atoms. The summed E-state index contributed by atoms with van der Waals surface area (Å²) in [6.07, 6.45) is 2.00. The summed E-state index contributed by atoms with van der Waals surface area (Å²) in [6, 6.07) is 7.60. The van der Waals surface area contributed by atoms with E-state index in [2.05, 4.69) is 10.2 Å².